The lowest BCUT2D eigenvalue weighted by atomic mass is 10.2. The molecule has 1 aliphatic rings. The molecule has 21 heavy (non-hydrogen) atoms. The molecule has 114 valence electrons. The highest BCUT2D eigenvalue weighted by Gasteiger charge is 2.15. The number of amides is 2. The highest BCUT2D eigenvalue weighted by molar-refractivity contribution is 5.97. The molecule has 2 rings (SSSR count). The van der Waals surface area contributed by atoms with Crippen LogP contribution in [0.1, 0.15) is 23.7 Å². The lowest BCUT2D eigenvalue weighted by Gasteiger charge is -2.15. The first-order valence-corrected chi connectivity index (χ1v) is 7.03. The largest absolute Gasteiger partial charge is 0.490 e. The molecule has 0 spiro atoms. The second-order valence-electron chi connectivity index (χ2n) is 4.80. The smallest absolute Gasteiger partial charge is 0.251 e. The monoisotopic (exact) mass is 292 g/mol. The maximum Gasteiger partial charge on any atom is 0.251 e. The molecule has 1 N–H and O–H groups in total. The van der Waals surface area contributed by atoms with Crippen LogP contribution in [0.25, 0.3) is 0 Å². The Hall–Kier alpha value is -2.24. The van der Waals surface area contributed by atoms with Gasteiger partial charge in [0.15, 0.2) is 11.5 Å². The van der Waals surface area contributed by atoms with E-state index in [0.717, 1.165) is 6.42 Å². The third-order valence-corrected chi connectivity index (χ3v) is 3.31. The molecule has 1 aliphatic heterocycles. The van der Waals surface area contributed by atoms with E-state index in [1.807, 2.05) is 6.92 Å². The van der Waals surface area contributed by atoms with E-state index in [0.29, 0.717) is 36.8 Å². The molecule has 0 unspecified atom stereocenters. The van der Waals surface area contributed by atoms with Gasteiger partial charge in [-0.3, -0.25) is 9.59 Å². The van der Waals surface area contributed by atoms with Crippen LogP contribution in [-0.2, 0) is 4.79 Å². The summed E-state index contributed by atoms with van der Waals surface area (Å²) in [6.07, 6.45) is 0.814. The van der Waals surface area contributed by atoms with Crippen LogP contribution in [0.5, 0.6) is 11.5 Å². The van der Waals surface area contributed by atoms with Gasteiger partial charge in [0.05, 0.1) is 19.8 Å². The number of nitrogens with zero attached hydrogens (tertiary/aromatic N) is 1. The summed E-state index contributed by atoms with van der Waals surface area (Å²) in [5.74, 6) is 0.784. The van der Waals surface area contributed by atoms with E-state index < -0.39 is 0 Å². The number of nitrogens with one attached hydrogen (secondary N) is 1. The number of likely N-dealkylation sites (N-methyl/N-ethyl adjacent to an activating group) is 1. The third kappa shape index (κ3) is 3.87. The summed E-state index contributed by atoms with van der Waals surface area (Å²) in [6, 6.07) is 5.02. The van der Waals surface area contributed by atoms with Crippen molar-refractivity contribution in [2.75, 3.05) is 33.4 Å². The van der Waals surface area contributed by atoms with Gasteiger partial charge < -0.3 is 19.7 Å². The number of hydrogen-bond acceptors (Lipinski definition) is 4. The molecule has 1 aromatic carbocycles. The number of fused-ring (bicyclic) bond motifs is 1. The molecule has 0 saturated heterocycles. The summed E-state index contributed by atoms with van der Waals surface area (Å²) in [6.45, 7) is 3.65. The van der Waals surface area contributed by atoms with Crippen molar-refractivity contribution in [3.8, 4) is 11.5 Å². The predicted octanol–water partition coefficient (Wildman–Crippen LogP) is 1.06. The molecule has 0 fully saturated rings. The molecule has 2 amide bonds. The number of rotatable bonds is 4. The minimum Gasteiger partial charge on any atom is -0.490 e. The lowest BCUT2D eigenvalue weighted by molar-refractivity contribution is -0.128. The number of carbonyl (C=O) groups is 2. The van der Waals surface area contributed by atoms with Crippen molar-refractivity contribution in [3.63, 3.8) is 0 Å². The van der Waals surface area contributed by atoms with Gasteiger partial charge in [0.2, 0.25) is 5.91 Å². The van der Waals surface area contributed by atoms with Gasteiger partial charge in [0.25, 0.3) is 5.91 Å². The summed E-state index contributed by atoms with van der Waals surface area (Å²) < 4.78 is 11.1. The number of hydrogen-bond donors (Lipinski definition) is 1. The van der Waals surface area contributed by atoms with Gasteiger partial charge in [-0.05, 0) is 25.1 Å². The Morgan fingerprint density at radius 2 is 1.95 bits per heavy atom. The Labute approximate surface area is 124 Å². The average Bonchev–Trinajstić information content (AvgIpc) is 2.75. The second kappa shape index (κ2) is 6.97. The van der Waals surface area contributed by atoms with E-state index in [9.17, 15) is 9.59 Å². The minimum absolute atomic E-state index is 0.0163. The lowest BCUT2D eigenvalue weighted by Crippen LogP contribution is -2.37. The first kappa shape index (κ1) is 15.2. The summed E-state index contributed by atoms with van der Waals surface area (Å²) in [5.41, 5.74) is 0.450. The van der Waals surface area contributed by atoms with Gasteiger partial charge >= 0.3 is 0 Å². The van der Waals surface area contributed by atoms with Crippen molar-refractivity contribution in [1.82, 2.24) is 10.2 Å². The van der Waals surface area contributed by atoms with Crippen molar-refractivity contribution >= 4 is 11.8 Å². The molecule has 0 aromatic heterocycles. The number of benzene rings is 1. The van der Waals surface area contributed by atoms with Crippen molar-refractivity contribution in [2.24, 2.45) is 0 Å². The molecule has 1 aromatic rings. The molecular weight excluding hydrogens is 272 g/mol. The fourth-order valence-corrected chi connectivity index (χ4v) is 1.87. The van der Waals surface area contributed by atoms with Crippen molar-refractivity contribution in [1.29, 1.82) is 0 Å². The van der Waals surface area contributed by atoms with E-state index in [-0.39, 0.29) is 18.4 Å². The van der Waals surface area contributed by atoms with Gasteiger partial charge in [-0.25, -0.2) is 0 Å². The Morgan fingerprint density at radius 3 is 2.67 bits per heavy atom. The molecule has 1 heterocycles. The number of ether oxygens (including phenoxy) is 2. The Morgan fingerprint density at radius 1 is 1.24 bits per heavy atom. The Balaban J connectivity index is 2.00. The van der Waals surface area contributed by atoms with Crippen LogP contribution in [0.15, 0.2) is 18.2 Å². The number of carbonyl (C=O) groups excluding carboxylic acids is 2. The molecule has 0 bridgehead atoms. The summed E-state index contributed by atoms with van der Waals surface area (Å²) in [5, 5.41) is 2.61. The Bertz CT molecular complexity index is 530. The van der Waals surface area contributed by atoms with E-state index >= 15 is 0 Å². The fraction of sp³-hybridized carbons (Fsp3) is 0.467. The zero-order valence-electron chi connectivity index (χ0n) is 12.3. The van der Waals surface area contributed by atoms with Gasteiger partial charge in [-0.1, -0.05) is 0 Å². The maximum absolute atomic E-state index is 12.1. The van der Waals surface area contributed by atoms with Crippen LogP contribution in [0.2, 0.25) is 0 Å². The van der Waals surface area contributed by atoms with Gasteiger partial charge in [-0.2, -0.15) is 0 Å². The Kier molecular flexibility index (Phi) is 5.03. The van der Waals surface area contributed by atoms with E-state index in [4.69, 9.17) is 9.47 Å². The maximum atomic E-state index is 12.1. The highest BCUT2D eigenvalue weighted by atomic mass is 16.5. The predicted molar refractivity (Wildman–Crippen MR) is 77.7 cm³/mol. The van der Waals surface area contributed by atoms with Crippen LogP contribution >= 0.6 is 0 Å². The highest BCUT2D eigenvalue weighted by Crippen LogP contribution is 2.30. The molecule has 6 heteroatoms. The van der Waals surface area contributed by atoms with Crippen molar-refractivity contribution in [2.45, 2.75) is 13.3 Å². The fourth-order valence-electron chi connectivity index (χ4n) is 1.87. The zero-order valence-corrected chi connectivity index (χ0v) is 12.3. The summed E-state index contributed by atoms with van der Waals surface area (Å²) >= 11 is 0. The van der Waals surface area contributed by atoms with Crippen LogP contribution in [0, 0.1) is 0 Å². The van der Waals surface area contributed by atoms with Crippen LogP contribution in [-0.4, -0.2) is 50.1 Å². The minimum atomic E-state index is -0.302. The van der Waals surface area contributed by atoms with Crippen LogP contribution in [0.3, 0.4) is 0 Å². The molecular formula is C15H20N2O4. The standard InChI is InChI=1S/C15H20N2O4/c1-3-17(2)14(18)10-16-15(19)11-5-6-12-13(9-11)21-8-4-7-20-12/h5-6,9H,3-4,7-8,10H2,1-2H3,(H,16,19). The first-order valence-electron chi connectivity index (χ1n) is 7.03. The third-order valence-electron chi connectivity index (χ3n) is 3.31. The normalized spacial score (nSPS) is 13.2. The topological polar surface area (TPSA) is 67.9 Å². The van der Waals surface area contributed by atoms with Crippen molar-refractivity contribution < 1.29 is 19.1 Å². The molecule has 6 nitrogen and oxygen atoms in total. The molecule has 0 radical (unpaired) electrons. The van der Waals surface area contributed by atoms with Gasteiger partial charge in [-0.15, -0.1) is 0 Å². The SMILES string of the molecule is CCN(C)C(=O)CNC(=O)c1ccc2c(c1)OCCCO2. The van der Waals surface area contributed by atoms with E-state index in [2.05, 4.69) is 5.32 Å². The molecule has 0 aliphatic carbocycles. The second-order valence-corrected chi connectivity index (χ2v) is 4.80. The van der Waals surface area contributed by atoms with Crippen molar-refractivity contribution in [3.05, 3.63) is 23.8 Å². The van der Waals surface area contributed by atoms with Crippen LogP contribution in [0.4, 0.5) is 0 Å². The quantitative estimate of drug-likeness (QED) is 0.901. The zero-order chi connectivity index (χ0) is 15.2. The van der Waals surface area contributed by atoms with Crippen LogP contribution < -0.4 is 14.8 Å². The summed E-state index contributed by atoms with van der Waals surface area (Å²) in [4.78, 5) is 25.3. The first-order chi connectivity index (χ1) is 10.1. The van der Waals surface area contributed by atoms with E-state index in [1.165, 1.54) is 0 Å². The molecule has 0 saturated carbocycles. The van der Waals surface area contributed by atoms with E-state index in [1.54, 1.807) is 30.1 Å². The van der Waals surface area contributed by atoms with Gasteiger partial charge in [0, 0.05) is 25.6 Å². The summed E-state index contributed by atoms with van der Waals surface area (Å²) in [7, 11) is 1.70. The van der Waals surface area contributed by atoms with Gasteiger partial charge in [0.1, 0.15) is 0 Å². The molecule has 0 atom stereocenters. The average molecular weight is 292 g/mol.